The molecule has 2 rings (SSSR count). The topological polar surface area (TPSA) is 64.4 Å². The van der Waals surface area contributed by atoms with Crippen molar-refractivity contribution >= 4 is 11.4 Å². The number of ether oxygens (including phenoxy) is 1. The van der Waals surface area contributed by atoms with Gasteiger partial charge in [-0.2, -0.15) is 0 Å². The van der Waals surface area contributed by atoms with Crippen LogP contribution < -0.4 is 10.1 Å². The molecule has 18 heavy (non-hydrogen) atoms. The minimum atomic E-state index is -0.398. The molecule has 0 atom stereocenters. The molecule has 0 heterocycles. The molecule has 0 saturated heterocycles. The molecule has 0 spiro atoms. The van der Waals surface area contributed by atoms with Crippen molar-refractivity contribution in [2.75, 3.05) is 19.0 Å². The quantitative estimate of drug-likeness (QED) is 0.622. The fourth-order valence-corrected chi connectivity index (χ4v) is 2.21. The van der Waals surface area contributed by atoms with Crippen molar-refractivity contribution in [3.8, 4) is 5.75 Å². The summed E-state index contributed by atoms with van der Waals surface area (Å²) in [6.07, 6.45) is 4.99. The normalized spacial score (nSPS) is 14.9. The molecule has 1 N–H and O–H groups in total. The Bertz CT molecular complexity index is 430. The zero-order chi connectivity index (χ0) is 13.0. The molecular weight excluding hydrogens is 232 g/mol. The van der Waals surface area contributed by atoms with Crippen LogP contribution in [0.25, 0.3) is 0 Å². The molecule has 1 aromatic carbocycles. The van der Waals surface area contributed by atoms with Crippen LogP contribution in [-0.2, 0) is 0 Å². The second-order valence-electron chi connectivity index (χ2n) is 4.63. The van der Waals surface area contributed by atoms with E-state index >= 15 is 0 Å². The fraction of sp³-hybridized carbons (Fsp3) is 0.538. The number of para-hydroxylation sites is 1. The van der Waals surface area contributed by atoms with E-state index in [4.69, 9.17) is 4.74 Å². The first-order valence-electron chi connectivity index (χ1n) is 6.27. The molecule has 1 aliphatic rings. The number of methoxy groups -OCH3 is 1. The summed E-state index contributed by atoms with van der Waals surface area (Å²) < 4.78 is 5.03. The Labute approximate surface area is 106 Å². The highest BCUT2D eigenvalue weighted by Crippen LogP contribution is 2.35. The first kappa shape index (κ1) is 12.7. The van der Waals surface area contributed by atoms with Crippen LogP contribution in [0.5, 0.6) is 5.75 Å². The van der Waals surface area contributed by atoms with Crippen molar-refractivity contribution in [2.24, 2.45) is 5.92 Å². The summed E-state index contributed by atoms with van der Waals surface area (Å²) in [5, 5.41) is 14.2. The highest BCUT2D eigenvalue weighted by molar-refractivity contribution is 5.68. The van der Waals surface area contributed by atoms with Gasteiger partial charge in [-0.3, -0.25) is 10.1 Å². The molecule has 1 fully saturated rings. The average Bonchev–Trinajstić information content (AvgIpc) is 2.31. The van der Waals surface area contributed by atoms with Gasteiger partial charge >= 0.3 is 5.69 Å². The predicted octanol–water partition coefficient (Wildman–Crippen LogP) is 3.21. The molecule has 1 aromatic rings. The molecule has 0 unspecified atom stereocenters. The highest BCUT2D eigenvalue weighted by Gasteiger charge is 2.21. The SMILES string of the molecule is COc1cccc(NCCC2CCC2)c1[N+](=O)[O-]. The molecular formula is C13H18N2O3. The van der Waals surface area contributed by atoms with Gasteiger partial charge in [-0.15, -0.1) is 0 Å². The molecule has 5 nitrogen and oxygen atoms in total. The number of nitrogens with zero attached hydrogens (tertiary/aromatic N) is 1. The summed E-state index contributed by atoms with van der Waals surface area (Å²) in [6, 6.07) is 5.09. The molecule has 0 aromatic heterocycles. The lowest BCUT2D eigenvalue weighted by Crippen LogP contribution is -2.16. The number of benzene rings is 1. The maximum absolute atomic E-state index is 11.1. The fourth-order valence-electron chi connectivity index (χ4n) is 2.21. The zero-order valence-electron chi connectivity index (χ0n) is 10.5. The first-order chi connectivity index (χ1) is 8.72. The lowest BCUT2D eigenvalue weighted by Gasteiger charge is -2.25. The van der Waals surface area contributed by atoms with Crippen LogP contribution in [-0.4, -0.2) is 18.6 Å². The van der Waals surface area contributed by atoms with Gasteiger partial charge in [0.15, 0.2) is 5.75 Å². The minimum Gasteiger partial charge on any atom is -0.490 e. The maximum Gasteiger partial charge on any atom is 0.333 e. The standard InChI is InChI=1S/C13H18N2O3/c1-18-12-7-3-6-11(13(12)15(16)17)14-9-8-10-4-2-5-10/h3,6-7,10,14H,2,4-5,8-9H2,1H3. The summed E-state index contributed by atoms with van der Waals surface area (Å²) in [6.45, 7) is 0.776. The predicted molar refractivity (Wildman–Crippen MR) is 70.1 cm³/mol. The van der Waals surface area contributed by atoms with E-state index in [9.17, 15) is 10.1 Å². The molecule has 0 aliphatic heterocycles. The molecule has 0 bridgehead atoms. The van der Waals surface area contributed by atoms with Gasteiger partial charge in [-0.05, 0) is 24.5 Å². The van der Waals surface area contributed by atoms with Gasteiger partial charge in [0.05, 0.1) is 12.0 Å². The van der Waals surface area contributed by atoms with Crippen molar-refractivity contribution in [1.82, 2.24) is 0 Å². The van der Waals surface area contributed by atoms with E-state index in [-0.39, 0.29) is 5.69 Å². The third-order valence-electron chi connectivity index (χ3n) is 3.49. The lowest BCUT2D eigenvalue weighted by atomic mass is 9.83. The Kier molecular flexibility index (Phi) is 4.02. The monoisotopic (exact) mass is 250 g/mol. The summed E-state index contributed by atoms with van der Waals surface area (Å²) in [5.41, 5.74) is 0.562. The number of rotatable bonds is 6. The van der Waals surface area contributed by atoms with E-state index in [2.05, 4.69) is 5.32 Å². The number of anilines is 1. The summed E-state index contributed by atoms with van der Waals surface area (Å²) in [7, 11) is 1.44. The van der Waals surface area contributed by atoms with Crippen LogP contribution in [0, 0.1) is 16.0 Å². The zero-order valence-corrected chi connectivity index (χ0v) is 10.5. The summed E-state index contributed by atoms with van der Waals surface area (Å²) in [4.78, 5) is 10.7. The third kappa shape index (κ3) is 2.72. The van der Waals surface area contributed by atoms with Crippen molar-refractivity contribution in [3.63, 3.8) is 0 Å². The van der Waals surface area contributed by atoms with Crippen molar-refractivity contribution < 1.29 is 9.66 Å². The molecule has 1 aliphatic carbocycles. The van der Waals surface area contributed by atoms with E-state index < -0.39 is 4.92 Å². The molecule has 98 valence electrons. The van der Waals surface area contributed by atoms with Crippen molar-refractivity contribution in [1.29, 1.82) is 0 Å². The van der Waals surface area contributed by atoms with E-state index in [1.807, 2.05) is 0 Å². The van der Waals surface area contributed by atoms with E-state index in [1.54, 1.807) is 18.2 Å². The van der Waals surface area contributed by atoms with Crippen LogP contribution >= 0.6 is 0 Å². The van der Waals surface area contributed by atoms with Gasteiger partial charge in [0.2, 0.25) is 0 Å². The maximum atomic E-state index is 11.1. The van der Waals surface area contributed by atoms with Gasteiger partial charge in [0, 0.05) is 6.54 Å². The van der Waals surface area contributed by atoms with E-state index in [1.165, 1.54) is 26.4 Å². The Balaban J connectivity index is 2.03. The summed E-state index contributed by atoms with van der Waals surface area (Å²) >= 11 is 0. The smallest absolute Gasteiger partial charge is 0.333 e. The molecule has 0 radical (unpaired) electrons. The van der Waals surface area contributed by atoms with Crippen molar-refractivity contribution in [3.05, 3.63) is 28.3 Å². The van der Waals surface area contributed by atoms with E-state index in [0.29, 0.717) is 11.4 Å². The van der Waals surface area contributed by atoms with Gasteiger partial charge < -0.3 is 10.1 Å². The second-order valence-corrected chi connectivity index (χ2v) is 4.63. The number of nitrogens with one attached hydrogen (secondary N) is 1. The average molecular weight is 250 g/mol. The molecule has 1 saturated carbocycles. The van der Waals surface area contributed by atoms with Crippen LogP contribution in [0.4, 0.5) is 11.4 Å². The first-order valence-corrected chi connectivity index (χ1v) is 6.27. The van der Waals surface area contributed by atoms with E-state index in [0.717, 1.165) is 18.9 Å². The van der Waals surface area contributed by atoms with Crippen LogP contribution in [0.2, 0.25) is 0 Å². The largest absolute Gasteiger partial charge is 0.490 e. The minimum absolute atomic E-state index is 0.0219. The number of hydrogen-bond acceptors (Lipinski definition) is 4. The van der Waals surface area contributed by atoms with Gasteiger partial charge in [0.1, 0.15) is 5.69 Å². The number of nitro groups is 1. The summed E-state index contributed by atoms with van der Waals surface area (Å²) in [5.74, 6) is 1.09. The Hall–Kier alpha value is -1.78. The van der Waals surface area contributed by atoms with Gasteiger partial charge in [0.25, 0.3) is 0 Å². The Morgan fingerprint density at radius 3 is 2.83 bits per heavy atom. The van der Waals surface area contributed by atoms with Crippen molar-refractivity contribution in [2.45, 2.75) is 25.7 Å². The molecule has 0 amide bonds. The van der Waals surface area contributed by atoms with Crippen LogP contribution in [0.3, 0.4) is 0 Å². The number of hydrogen-bond donors (Lipinski definition) is 1. The Morgan fingerprint density at radius 1 is 1.50 bits per heavy atom. The number of nitro benzene ring substituents is 1. The molecule has 5 heteroatoms. The van der Waals surface area contributed by atoms with Gasteiger partial charge in [-0.25, -0.2) is 0 Å². The highest BCUT2D eigenvalue weighted by atomic mass is 16.6. The van der Waals surface area contributed by atoms with Gasteiger partial charge in [-0.1, -0.05) is 25.3 Å². The Morgan fingerprint density at radius 2 is 2.28 bits per heavy atom. The second kappa shape index (κ2) is 5.71. The van der Waals surface area contributed by atoms with Crippen LogP contribution in [0.15, 0.2) is 18.2 Å². The van der Waals surface area contributed by atoms with Crippen LogP contribution in [0.1, 0.15) is 25.7 Å². The lowest BCUT2D eigenvalue weighted by molar-refractivity contribution is -0.384. The third-order valence-corrected chi connectivity index (χ3v) is 3.49.